The van der Waals surface area contributed by atoms with Gasteiger partial charge in [0.2, 0.25) is 0 Å². The molecule has 0 atom stereocenters. The van der Waals surface area contributed by atoms with Gasteiger partial charge in [-0.1, -0.05) is 23.2 Å². The first-order chi connectivity index (χ1) is 11.5. The number of pyridine rings is 1. The van der Waals surface area contributed by atoms with Crippen LogP contribution in [0.3, 0.4) is 0 Å². The van der Waals surface area contributed by atoms with Gasteiger partial charge in [0.15, 0.2) is 5.69 Å². The molecule has 2 aromatic rings. The lowest BCUT2D eigenvalue weighted by Crippen LogP contribution is -2.09. The van der Waals surface area contributed by atoms with Crippen molar-refractivity contribution in [3.05, 3.63) is 60.2 Å². The summed E-state index contributed by atoms with van der Waals surface area (Å²) in [5.41, 5.74) is -4.64. The van der Waals surface area contributed by atoms with E-state index in [0.717, 1.165) is 6.20 Å². The summed E-state index contributed by atoms with van der Waals surface area (Å²) in [5, 5.41) is 24.4. The summed E-state index contributed by atoms with van der Waals surface area (Å²) in [6.07, 6.45) is -3.91. The smallest absolute Gasteiger partial charge is 0.328 e. The molecule has 0 amide bonds. The molecule has 1 N–H and O–H groups in total. The lowest BCUT2D eigenvalue weighted by Gasteiger charge is -2.11. The van der Waals surface area contributed by atoms with E-state index < -0.39 is 38.6 Å². The van der Waals surface area contributed by atoms with Crippen LogP contribution < -0.4 is 5.32 Å². The molecule has 8 nitrogen and oxygen atoms in total. The Hall–Kier alpha value is -2.66. The fourth-order valence-electron chi connectivity index (χ4n) is 1.82. The van der Waals surface area contributed by atoms with Crippen LogP contribution in [-0.4, -0.2) is 14.8 Å². The summed E-state index contributed by atoms with van der Waals surface area (Å²) in [6.45, 7) is 0. The molecule has 25 heavy (non-hydrogen) atoms. The maximum atomic E-state index is 12.8. The Labute approximate surface area is 146 Å². The molecular weight excluding hydrogens is 392 g/mol. The summed E-state index contributed by atoms with van der Waals surface area (Å²) in [7, 11) is 0. The Kier molecular flexibility index (Phi) is 4.99. The molecule has 0 fully saturated rings. The van der Waals surface area contributed by atoms with Crippen LogP contribution in [0.15, 0.2) is 24.4 Å². The van der Waals surface area contributed by atoms with Crippen molar-refractivity contribution in [2.45, 2.75) is 6.18 Å². The van der Waals surface area contributed by atoms with Crippen LogP contribution in [0.2, 0.25) is 10.0 Å². The quantitative estimate of drug-likeness (QED) is 0.576. The van der Waals surface area contributed by atoms with Crippen molar-refractivity contribution in [3.63, 3.8) is 0 Å². The number of halogens is 5. The number of rotatable bonds is 4. The van der Waals surface area contributed by atoms with Gasteiger partial charge >= 0.3 is 6.18 Å². The van der Waals surface area contributed by atoms with Crippen LogP contribution in [0.25, 0.3) is 0 Å². The highest BCUT2D eigenvalue weighted by molar-refractivity contribution is 6.36. The zero-order chi connectivity index (χ0) is 18.9. The van der Waals surface area contributed by atoms with E-state index in [9.17, 15) is 33.4 Å². The molecule has 1 heterocycles. The number of benzene rings is 1. The van der Waals surface area contributed by atoms with Gasteiger partial charge < -0.3 is 5.32 Å². The van der Waals surface area contributed by atoms with E-state index in [1.165, 1.54) is 6.07 Å². The Balaban J connectivity index is 2.70. The van der Waals surface area contributed by atoms with Crippen LogP contribution in [0.4, 0.5) is 36.1 Å². The van der Waals surface area contributed by atoms with Crippen LogP contribution in [-0.2, 0) is 6.18 Å². The third-order valence-electron chi connectivity index (χ3n) is 2.87. The minimum absolute atomic E-state index is 0.118. The van der Waals surface area contributed by atoms with Crippen molar-refractivity contribution in [3.8, 4) is 0 Å². The Bertz CT molecular complexity index is 841. The lowest BCUT2D eigenvalue weighted by molar-refractivity contribution is -0.392. The Morgan fingerprint density at radius 1 is 1.04 bits per heavy atom. The highest BCUT2D eigenvalue weighted by Gasteiger charge is 2.37. The van der Waals surface area contributed by atoms with Gasteiger partial charge in [-0.25, -0.2) is 4.98 Å². The maximum Gasteiger partial charge on any atom is 0.416 e. The molecule has 0 spiro atoms. The number of hydrogen-bond donors (Lipinski definition) is 1. The normalized spacial score (nSPS) is 11.2. The van der Waals surface area contributed by atoms with E-state index in [1.54, 1.807) is 0 Å². The fraction of sp³-hybridized carbons (Fsp3) is 0.0833. The fourth-order valence-corrected chi connectivity index (χ4v) is 2.24. The largest absolute Gasteiger partial charge is 0.416 e. The second-order valence-corrected chi connectivity index (χ2v) is 5.35. The maximum absolute atomic E-state index is 12.8. The van der Waals surface area contributed by atoms with Crippen molar-refractivity contribution in [1.82, 2.24) is 4.98 Å². The molecule has 1 aromatic heterocycles. The van der Waals surface area contributed by atoms with Gasteiger partial charge in [0, 0.05) is 18.3 Å². The highest BCUT2D eigenvalue weighted by atomic mass is 35.5. The number of hydrogen-bond acceptors (Lipinski definition) is 6. The van der Waals surface area contributed by atoms with Gasteiger partial charge in [-0.2, -0.15) is 13.2 Å². The number of nitro groups is 2. The molecule has 13 heteroatoms. The molecular formula is C12H5Cl2F3N4O4. The minimum atomic E-state index is -5.01. The van der Waals surface area contributed by atoms with Gasteiger partial charge in [0.25, 0.3) is 11.4 Å². The van der Waals surface area contributed by atoms with E-state index in [-0.39, 0.29) is 28.0 Å². The minimum Gasteiger partial charge on any atom is -0.328 e. The topological polar surface area (TPSA) is 111 Å². The predicted molar refractivity (Wildman–Crippen MR) is 82.3 cm³/mol. The summed E-state index contributed by atoms with van der Waals surface area (Å²) in [5.74, 6) is -0.253. The molecule has 0 radical (unpaired) electrons. The van der Waals surface area contributed by atoms with Crippen molar-refractivity contribution >= 4 is 46.1 Å². The molecule has 0 aliphatic heterocycles. The van der Waals surface area contributed by atoms with E-state index in [1.807, 2.05) is 0 Å². The molecule has 0 aliphatic carbocycles. The third kappa shape index (κ3) is 4.06. The summed E-state index contributed by atoms with van der Waals surface area (Å²) in [4.78, 5) is 23.5. The molecule has 0 saturated heterocycles. The first-order valence-electron chi connectivity index (χ1n) is 6.12. The standard InChI is InChI=1S/C12H5Cl2F3N4O4/c13-6-3-7(14)11(18-4-6)19-10-8(20(22)23)1-5(12(15,16)17)2-9(10)21(24)25/h1-4H,(H,18,19). The average molecular weight is 397 g/mol. The monoisotopic (exact) mass is 396 g/mol. The Morgan fingerprint density at radius 2 is 1.56 bits per heavy atom. The first-order valence-corrected chi connectivity index (χ1v) is 6.88. The zero-order valence-electron chi connectivity index (χ0n) is 11.7. The number of aromatic nitrogens is 1. The average Bonchev–Trinajstić information content (AvgIpc) is 2.48. The van der Waals surface area contributed by atoms with Crippen LogP contribution >= 0.6 is 23.2 Å². The first kappa shape index (κ1) is 18.7. The van der Waals surface area contributed by atoms with Gasteiger partial charge in [0.05, 0.1) is 25.5 Å². The van der Waals surface area contributed by atoms with Crippen LogP contribution in [0.1, 0.15) is 5.56 Å². The van der Waals surface area contributed by atoms with Gasteiger partial charge in [-0.15, -0.1) is 0 Å². The number of anilines is 2. The van der Waals surface area contributed by atoms with Crippen molar-refractivity contribution < 1.29 is 23.0 Å². The molecule has 0 saturated carbocycles. The summed E-state index contributed by atoms with van der Waals surface area (Å²) in [6, 6.07) is 1.55. The molecule has 2 rings (SSSR count). The number of alkyl halides is 3. The molecule has 0 bridgehead atoms. The molecule has 132 valence electrons. The van der Waals surface area contributed by atoms with Crippen LogP contribution in [0, 0.1) is 20.2 Å². The zero-order valence-corrected chi connectivity index (χ0v) is 13.2. The predicted octanol–water partition coefficient (Wildman–Crippen LogP) is 4.97. The highest BCUT2D eigenvalue weighted by Crippen LogP contribution is 2.42. The Morgan fingerprint density at radius 3 is 1.96 bits per heavy atom. The molecule has 1 aromatic carbocycles. The van der Waals surface area contributed by atoms with E-state index in [2.05, 4.69) is 10.3 Å². The number of nitro benzene ring substituents is 2. The molecule has 0 aliphatic rings. The van der Waals surface area contributed by atoms with Gasteiger partial charge in [0.1, 0.15) is 5.82 Å². The van der Waals surface area contributed by atoms with E-state index >= 15 is 0 Å². The van der Waals surface area contributed by atoms with Crippen LogP contribution in [0.5, 0.6) is 0 Å². The summed E-state index contributed by atoms with van der Waals surface area (Å²) < 4.78 is 38.5. The van der Waals surface area contributed by atoms with E-state index in [0.29, 0.717) is 0 Å². The van der Waals surface area contributed by atoms with Crippen molar-refractivity contribution in [2.75, 3.05) is 5.32 Å². The molecule has 0 unspecified atom stereocenters. The SMILES string of the molecule is O=[N+]([O-])c1cc(C(F)(F)F)cc([N+](=O)[O-])c1Nc1ncc(Cl)cc1Cl. The lowest BCUT2D eigenvalue weighted by atomic mass is 10.1. The third-order valence-corrected chi connectivity index (χ3v) is 3.36. The van der Waals surface area contributed by atoms with Crippen molar-refractivity contribution in [2.24, 2.45) is 0 Å². The van der Waals surface area contributed by atoms with E-state index in [4.69, 9.17) is 23.2 Å². The second-order valence-electron chi connectivity index (χ2n) is 4.51. The number of nitrogens with zero attached hydrogens (tertiary/aromatic N) is 3. The second kappa shape index (κ2) is 6.69. The van der Waals surface area contributed by atoms with Gasteiger partial charge in [-0.05, 0) is 6.07 Å². The summed E-state index contributed by atoms with van der Waals surface area (Å²) >= 11 is 11.5. The number of nitrogens with one attached hydrogen (secondary N) is 1. The van der Waals surface area contributed by atoms with Crippen molar-refractivity contribution in [1.29, 1.82) is 0 Å². The van der Waals surface area contributed by atoms with Gasteiger partial charge in [-0.3, -0.25) is 20.2 Å².